The van der Waals surface area contributed by atoms with Crippen molar-refractivity contribution < 1.29 is 9.18 Å². The molecule has 18 heavy (non-hydrogen) atoms. The van der Waals surface area contributed by atoms with Crippen molar-refractivity contribution in [1.29, 1.82) is 0 Å². The van der Waals surface area contributed by atoms with Crippen molar-refractivity contribution in [3.05, 3.63) is 34.6 Å². The van der Waals surface area contributed by atoms with Crippen LogP contribution in [0.1, 0.15) is 23.2 Å². The van der Waals surface area contributed by atoms with E-state index in [1.54, 1.807) is 11.0 Å². The van der Waals surface area contributed by atoms with E-state index in [-0.39, 0.29) is 17.0 Å². The quantitative estimate of drug-likeness (QED) is 0.914. The van der Waals surface area contributed by atoms with Crippen LogP contribution in [0.25, 0.3) is 0 Å². The smallest absolute Gasteiger partial charge is 0.254 e. The highest BCUT2D eigenvalue weighted by atomic mass is 35.5. The molecule has 0 aromatic heterocycles. The summed E-state index contributed by atoms with van der Waals surface area (Å²) in [4.78, 5) is 14.1. The fourth-order valence-corrected chi connectivity index (χ4v) is 2.46. The van der Waals surface area contributed by atoms with Gasteiger partial charge < -0.3 is 10.2 Å². The lowest BCUT2D eigenvalue weighted by atomic mass is 10.1. The Hall–Kier alpha value is -1.13. The second kappa shape index (κ2) is 5.67. The lowest BCUT2D eigenvalue weighted by molar-refractivity contribution is 0.0736. The molecule has 98 valence electrons. The summed E-state index contributed by atoms with van der Waals surface area (Å²) in [6.07, 6.45) is 1.98. The first-order valence-electron chi connectivity index (χ1n) is 6.04. The lowest BCUT2D eigenvalue weighted by Gasteiger charge is -2.24. The van der Waals surface area contributed by atoms with Gasteiger partial charge in [-0.05, 0) is 38.1 Å². The Labute approximate surface area is 111 Å². The molecule has 1 aliphatic rings. The van der Waals surface area contributed by atoms with Gasteiger partial charge >= 0.3 is 0 Å². The molecule has 0 aliphatic carbocycles. The number of rotatable bonds is 3. The van der Waals surface area contributed by atoms with Crippen LogP contribution in [0, 0.1) is 5.82 Å². The maximum atomic E-state index is 13.4. The summed E-state index contributed by atoms with van der Waals surface area (Å²) in [5.41, 5.74) is 0.361. The molecule has 1 aromatic rings. The molecule has 1 aliphatic heterocycles. The maximum absolute atomic E-state index is 13.4. The van der Waals surface area contributed by atoms with Crippen molar-refractivity contribution in [2.75, 3.05) is 20.1 Å². The van der Waals surface area contributed by atoms with Gasteiger partial charge in [-0.15, -0.1) is 0 Å². The van der Waals surface area contributed by atoms with E-state index in [9.17, 15) is 9.18 Å². The van der Waals surface area contributed by atoms with Gasteiger partial charge in [-0.3, -0.25) is 4.79 Å². The van der Waals surface area contributed by atoms with Crippen LogP contribution in [-0.4, -0.2) is 37.0 Å². The van der Waals surface area contributed by atoms with Crippen LogP contribution >= 0.6 is 11.6 Å². The number of halogens is 2. The predicted molar refractivity (Wildman–Crippen MR) is 69.4 cm³/mol. The van der Waals surface area contributed by atoms with E-state index in [4.69, 9.17) is 11.6 Å². The number of nitrogens with one attached hydrogen (secondary N) is 1. The van der Waals surface area contributed by atoms with Crippen LogP contribution in [0.4, 0.5) is 4.39 Å². The largest absolute Gasteiger partial charge is 0.334 e. The van der Waals surface area contributed by atoms with Crippen molar-refractivity contribution in [3.63, 3.8) is 0 Å². The third-order valence-electron chi connectivity index (χ3n) is 3.24. The number of hydrogen-bond acceptors (Lipinski definition) is 2. The Morgan fingerprint density at radius 3 is 3.06 bits per heavy atom. The SMILES string of the molecule is CNCC1CCCN1C(=O)c1ccc(Cl)c(F)c1. The van der Waals surface area contributed by atoms with E-state index in [1.165, 1.54) is 12.1 Å². The minimum Gasteiger partial charge on any atom is -0.334 e. The van der Waals surface area contributed by atoms with Crippen LogP contribution < -0.4 is 5.32 Å². The van der Waals surface area contributed by atoms with Gasteiger partial charge in [0.25, 0.3) is 5.91 Å². The summed E-state index contributed by atoms with van der Waals surface area (Å²) >= 11 is 5.61. The fourth-order valence-electron chi connectivity index (χ4n) is 2.35. The molecule has 3 nitrogen and oxygen atoms in total. The van der Waals surface area contributed by atoms with Gasteiger partial charge in [-0.1, -0.05) is 11.6 Å². The summed E-state index contributed by atoms with van der Waals surface area (Å²) < 4.78 is 13.4. The lowest BCUT2D eigenvalue weighted by Crippen LogP contribution is -2.40. The zero-order valence-electron chi connectivity index (χ0n) is 10.2. The molecule has 1 atom stereocenters. The molecule has 5 heteroatoms. The highest BCUT2D eigenvalue weighted by molar-refractivity contribution is 6.30. The number of benzene rings is 1. The number of nitrogens with zero attached hydrogens (tertiary/aromatic N) is 1. The van der Waals surface area contributed by atoms with Gasteiger partial charge in [0.2, 0.25) is 0 Å². The minimum absolute atomic E-state index is 0.0414. The van der Waals surface area contributed by atoms with E-state index >= 15 is 0 Å². The molecule has 0 spiro atoms. The highest BCUT2D eigenvalue weighted by Gasteiger charge is 2.28. The van der Waals surface area contributed by atoms with E-state index in [1.807, 2.05) is 7.05 Å². The molecule has 0 bridgehead atoms. The number of carbonyl (C=O) groups is 1. The Morgan fingerprint density at radius 1 is 1.61 bits per heavy atom. The van der Waals surface area contributed by atoms with Crippen molar-refractivity contribution >= 4 is 17.5 Å². The Kier molecular flexibility index (Phi) is 4.19. The molecule has 2 rings (SSSR count). The zero-order valence-corrected chi connectivity index (χ0v) is 11.0. The molecule has 1 heterocycles. The maximum Gasteiger partial charge on any atom is 0.254 e. The number of likely N-dealkylation sites (N-methyl/N-ethyl adjacent to an activating group) is 1. The second-order valence-corrected chi connectivity index (χ2v) is 4.89. The molecule has 1 unspecified atom stereocenters. The van der Waals surface area contributed by atoms with Crippen molar-refractivity contribution in [1.82, 2.24) is 10.2 Å². The second-order valence-electron chi connectivity index (χ2n) is 4.48. The van der Waals surface area contributed by atoms with Gasteiger partial charge in [-0.2, -0.15) is 0 Å². The molecule has 0 saturated carbocycles. The molecule has 1 fully saturated rings. The average Bonchev–Trinajstić information content (AvgIpc) is 2.80. The van der Waals surface area contributed by atoms with Gasteiger partial charge in [-0.25, -0.2) is 4.39 Å². The topological polar surface area (TPSA) is 32.3 Å². The molecule has 0 radical (unpaired) electrons. The molecule has 1 aromatic carbocycles. The molecule has 1 amide bonds. The monoisotopic (exact) mass is 270 g/mol. The minimum atomic E-state index is -0.549. The third kappa shape index (κ3) is 2.65. The molecule has 1 saturated heterocycles. The van der Waals surface area contributed by atoms with Crippen molar-refractivity contribution in [2.45, 2.75) is 18.9 Å². The standard InChI is InChI=1S/C13H16ClFN2O/c1-16-8-10-3-2-6-17(10)13(18)9-4-5-11(14)12(15)7-9/h4-5,7,10,16H,2-3,6,8H2,1H3. The van der Waals surface area contributed by atoms with Gasteiger partial charge in [0, 0.05) is 24.7 Å². The molecular formula is C13H16ClFN2O. The Balaban J connectivity index is 2.17. The van der Waals surface area contributed by atoms with Crippen LogP contribution in [0.15, 0.2) is 18.2 Å². The Bertz CT molecular complexity index is 453. The van der Waals surface area contributed by atoms with Gasteiger partial charge in [0.15, 0.2) is 0 Å². The summed E-state index contributed by atoms with van der Waals surface area (Å²) in [6, 6.07) is 4.40. The van der Waals surface area contributed by atoms with Gasteiger partial charge in [0.1, 0.15) is 5.82 Å². The number of likely N-dealkylation sites (tertiary alicyclic amines) is 1. The van der Waals surface area contributed by atoms with Crippen LogP contribution in [0.5, 0.6) is 0 Å². The predicted octanol–water partition coefficient (Wildman–Crippen LogP) is 2.30. The first kappa shape index (κ1) is 13.3. The Morgan fingerprint density at radius 2 is 2.39 bits per heavy atom. The average molecular weight is 271 g/mol. The van der Waals surface area contributed by atoms with Crippen molar-refractivity contribution in [2.24, 2.45) is 0 Å². The number of hydrogen-bond donors (Lipinski definition) is 1. The normalized spacial score (nSPS) is 19.3. The summed E-state index contributed by atoms with van der Waals surface area (Å²) in [7, 11) is 1.86. The van der Waals surface area contributed by atoms with E-state index in [2.05, 4.69) is 5.32 Å². The van der Waals surface area contributed by atoms with E-state index < -0.39 is 5.82 Å². The number of carbonyl (C=O) groups excluding carboxylic acids is 1. The number of amides is 1. The van der Waals surface area contributed by atoms with E-state index in [0.29, 0.717) is 5.56 Å². The van der Waals surface area contributed by atoms with Crippen LogP contribution in [0.3, 0.4) is 0 Å². The summed E-state index contributed by atoms with van der Waals surface area (Å²) in [6.45, 7) is 1.50. The highest BCUT2D eigenvalue weighted by Crippen LogP contribution is 2.22. The molecule has 1 N–H and O–H groups in total. The summed E-state index contributed by atoms with van der Waals surface area (Å²) in [5.74, 6) is -0.671. The fraction of sp³-hybridized carbons (Fsp3) is 0.462. The van der Waals surface area contributed by atoms with E-state index in [0.717, 1.165) is 25.9 Å². The molecular weight excluding hydrogens is 255 g/mol. The first-order chi connectivity index (χ1) is 8.63. The van der Waals surface area contributed by atoms with Crippen molar-refractivity contribution in [3.8, 4) is 0 Å². The van der Waals surface area contributed by atoms with Gasteiger partial charge in [0.05, 0.1) is 5.02 Å². The van der Waals surface area contributed by atoms with Crippen LogP contribution in [0.2, 0.25) is 5.02 Å². The third-order valence-corrected chi connectivity index (χ3v) is 3.55. The first-order valence-corrected chi connectivity index (χ1v) is 6.42. The summed E-state index contributed by atoms with van der Waals surface area (Å²) in [5, 5.41) is 3.12. The van der Waals surface area contributed by atoms with Crippen LogP contribution in [-0.2, 0) is 0 Å². The zero-order chi connectivity index (χ0) is 13.1.